The number of thiazole rings is 1. The Morgan fingerprint density at radius 3 is 2.47 bits per heavy atom. The van der Waals surface area contributed by atoms with Crippen LogP contribution in [-0.4, -0.2) is 29.6 Å². The average Bonchev–Trinajstić information content (AvgIpc) is 3.56. The van der Waals surface area contributed by atoms with Crippen molar-refractivity contribution in [2.24, 2.45) is 5.14 Å². The summed E-state index contributed by atoms with van der Waals surface area (Å²) in [4.78, 5) is 17.7. The fourth-order valence-corrected chi connectivity index (χ4v) is 4.87. The lowest BCUT2D eigenvalue weighted by Gasteiger charge is -2.01. The Balaban J connectivity index is 1.36. The van der Waals surface area contributed by atoms with Crippen molar-refractivity contribution in [3.63, 3.8) is 0 Å². The van der Waals surface area contributed by atoms with E-state index < -0.39 is 10.0 Å². The minimum absolute atomic E-state index is 0.0173. The molecule has 0 saturated heterocycles. The molecule has 0 aliphatic heterocycles. The van der Waals surface area contributed by atoms with Crippen molar-refractivity contribution in [1.29, 1.82) is 0 Å². The van der Waals surface area contributed by atoms with Crippen molar-refractivity contribution in [2.45, 2.75) is 11.8 Å². The summed E-state index contributed by atoms with van der Waals surface area (Å²) in [5.74, 6) is 2.23. The zero-order chi connectivity index (χ0) is 25.3. The molecule has 0 unspecified atom stereocenters. The normalized spacial score (nSPS) is 12.7. The quantitative estimate of drug-likeness (QED) is 0.349. The first-order chi connectivity index (χ1) is 17.3. The second-order valence-electron chi connectivity index (χ2n) is 7.69. The molecule has 5 rings (SSSR count). The van der Waals surface area contributed by atoms with Crippen LogP contribution in [0.25, 0.3) is 34.5 Å². The van der Waals surface area contributed by atoms with Gasteiger partial charge in [-0.25, -0.2) is 13.6 Å². The van der Waals surface area contributed by atoms with Gasteiger partial charge < -0.3 is 9.15 Å². The van der Waals surface area contributed by atoms with Crippen LogP contribution in [0.2, 0.25) is 0 Å². The highest BCUT2D eigenvalue weighted by Crippen LogP contribution is 2.24. The van der Waals surface area contributed by atoms with E-state index in [1.165, 1.54) is 28.0 Å². The summed E-state index contributed by atoms with van der Waals surface area (Å²) in [6.07, 6.45) is 5.24. The van der Waals surface area contributed by atoms with Crippen LogP contribution in [0.1, 0.15) is 24.1 Å². The monoisotopic (exact) mass is 520 g/mol. The summed E-state index contributed by atoms with van der Waals surface area (Å²) >= 11 is 1.21. The van der Waals surface area contributed by atoms with E-state index in [-0.39, 0.29) is 10.5 Å². The van der Waals surface area contributed by atoms with E-state index in [9.17, 15) is 13.2 Å². The van der Waals surface area contributed by atoms with Crippen molar-refractivity contribution < 1.29 is 17.6 Å². The maximum Gasteiger partial charge on any atom is 0.291 e. The molecule has 182 valence electrons. The van der Waals surface area contributed by atoms with Gasteiger partial charge >= 0.3 is 0 Å². The van der Waals surface area contributed by atoms with Gasteiger partial charge in [0.25, 0.3) is 5.56 Å². The zero-order valence-electron chi connectivity index (χ0n) is 19.0. The fraction of sp³-hybridized carbons (Fsp3) is 0.0800. The predicted molar refractivity (Wildman–Crippen MR) is 138 cm³/mol. The molecule has 11 heteroatoms. The molecule has 0 fully saturated rings. The Labute approximate surface area is 209 Å². The first-order valence-corrected chi connectivity index (χ1v) is 13.2. The van der Waals surface area contributed by atoms with Crippen molar-refractivity contribution >= 4 is 44.5 Å². The zero-order valence-corrected chi connectivity index (χ0v) is 20.6. The highest BCUT2D eigenvalue weighted by Gasteiger charge is 2.11. The van der Waals surface area contributed by atoms with E-state index >= 15 is 0 Å². The van der Waals surface area contributed by atoms with Crippen molar-refractivity contribution in [3.05, 3.63) is 92.7 Å². The molecule has 0 aliphatic carbocycles. The third kappa shape index (κ3) is 4.98. The first kappa shape index (κ1) is 23.7. The third-order valence-corrected chi connectivity index (χ3v) is 7.07. The Morgan fingerprint density at radius 2 is 1.81 bits per heavy atom. The van der Waals surface area contributed by atoms with Gasteiger partial charge in [0, 0.05) is 11.6 Å². The number of furan rings is 1. The molecule has 2 N–H and O–H groups in total. The lowest BCUT2D eigenvalue weighted by molar-refractivity contribution is 0.340. The molecule has 0 aliphatic rings. The molecule has 5 aromatic rings. The average molecular weight is 521 g/mol. The Morgan fingerprint density at radius 1 is 1.06 bits per heavy atom. The number of ether oxygens (including phenoxy) is 1. The smallest absolute Gasteiger partial charge is 0.291 e. The second-order valence-corrected chi connectivity index (χ2v) is 10.3. The summed E-state index contributed by atoms with van der Waals surface area (Å²) < 4.78 is 35.8. The highest BCUT2D eigenvalue weighted by molar-refractivity contribution is 7.89. The fourth-order valence-electron chi connectivity index (χ4n) is 3.46. The van der Waals surface area contributed by atoms with Gasteiger partial charge in [0.15, 0.2) is 5.82 Å². The molecular formula is C25H20N4O5S2. The molecule has 0 atom stereocenters. The molecule has 0 saturated carbocycles. The van der Waals surface area contributed by atoms with Crippen LogP contribution >= 0.6 is 11.3 Å². The van der Waals surface area contributed by atoms with Gasteiger partial charge in [-0.2, -0.15) is 9.50 Å². The minimum atomic E-state index is -3.77. The van der Waals surface area contributed by atoms with E-state index in [0.29, 0.717) is 39.0 Å². The van der Waals surface area contributed by atoms with Crippen LogP contribution in [0.5, 0.6) is 5.75 Å². The number of benzene rings is 2. The molecule has 3 aromatic heterocycles. The van der Waals surface area contributed by atoms with Gasteiger partial charge in [0.1, 0.15) is 21.8 Å². The van der Waals surface area contributed by atoms with E-state index in [1.54, 1.807) is 36.4 Å². The summed E-state index contributed by atoms with van der Waals surface area (Å²) in [5.41, 5.74) is 1.34. The summed E-state index contributed by atoms with van der Waals surface area (Å²) in [7, 11) is -3.77. The molecule has 2 aromatic carbocycles. The van der Waals surface area contributed by atoms with Crippen LogP contribution in [0, 0.1) is 0 Å². The van der Waals surface area contributed by atoms with Crippen LogP contribution in [-0.2, 0) is 10.0 Å². The number of hydrogen-bond acceptors (Lipinski definition) is 8. The van der Waals surface area contributed by atoms with Crippen LogP contribution in [0.3, 0.4) is 0 Å². The van der Waals surface area contributed by atoms with Crippen molar-refractivity contribution in [2.75, 3.05) is 6.61 Å². The SMILES string of the molecule is CCOc1ccc(/C=C/c2nc3s/c(=C\c4ccc(-c5ccc(S(N)(=O)=O)cc5)o4)c(=O)n3n2)cc1. The molecule has 9 nitrogen and oxygen atoms in total. The van der Waals surface area contributed by atoms with Gasteiger partial charge in [-0.1, -0.05) is 29.5 Å². The van der Waals surface area contributed by atoms with Crippen LogP contribution < -0.4 is 20.0 Å². The topological polar surface area (TPSA) is 130 Å². The summed E-state index contributed by atoms with van der Waals surface area (Å²) in [5, 5.41) is 9.43. The molecular weight excluding hydrogens is 500 g/mol. The van der Waals surface area contributed by atoms with Gasteiger partial charge in [-0.3, -0.25) is 4.79 Å². The highest BCUT2D eigenvalue weighted by atomic mass is 32.2. The van der Waals surface area contributed by atoms with Crippen LogP contribution in [0.15, 0.2) is 74.8 Å². The summed E-state index contributed by atoms with van der Waals surface area (Å²) in [6, 6.07) is 17.1. The number of sulfonamides is 1. The van der Waals surface area contributed by atoms with E-state index in [1.807, 2.05) is 37.3 Å². The number of aromatic nitrogens is 3. The third-order valence-electron chi connectivity index (χ3n) is 5.18. The molecule has 0 bridgehead atoms. The molecule has 0 amide bonds. The molecule has 36 heavy (non-hydrogen) atoms. The predicted octanol–water partition coefficient (Wildman–Crippen LogP) is 3.18. The number of nitrogens with two attached hydrogens (primary N) is 1. The van der Waals surface area contributed by atoms with Gasteiger partial charge in [0.05, 0.1) is 11.5 Å². The lowest BCUT2D eigenvalue weighted by atomic mass is 10.2. The standard InChI is InChI=1S/C25H20N4O5S2/c1-2-33-18-8-3-16(4-9-18)5-14-23-27-25-29(28-23)24(30)22(35-25)15-19-10-13-21(34-19)17-6-11-20(12-7-17)36(26,31)32/h3-15H,2H2,1H3,(H2,26,31,32)/b14-5+,22-15-. The van der Waals surface area contributed by atoms with Crippen molar-refractivity contribution in [3.8, 4) is 17.1 Å². The lowest BCUT2D eigenvalue weighted by Crippen LogP contribution is -2.23. The van der Waals surface area contributed by atoms with Gasteiger partial charge in [0.2, 0.25) is 15.0 Å². The molecule has 0 radical (unpaired) electrons. The van der Waals surface area contributed by atoms with Crippen LogP contribution in [0.4, 0.5) is 0 Å². The first-order valence-electron chi connectivity index (χ1n) is 10.9. The number of primary sulfonamides is 1. The maximum absolute atomic E-state index is 12.8. The summed E-state index contributed by atoms with van der Waals surface area (Å²) in [6.45, 7) is 2.55. The van der Waals surface area contributed by atoms with Gasteiger partial charge in [-0.05, 0) is 67.1 Å². The Bertz CT molecular complexity index is 1780. The van der Waals surface area contributed by atoms with E-state index in [2.05, 4.69) is 10.1 Å². The van der Waals surface area contributed by atoms with Gasteiger partial charge in [-0.15, -0.1) is 5.10 Å². The number of hydrogen-bond donors (Lipinski definition) is 1. The van der Waals surface area contributed by atoms with E-state index in [4.69, 9.17) is 14.3 Å². The maximum atomic E-state index is 12.8. The number of rotatable bonds is 7. The largest absolute Gasteiger partial charge is 0.494 e. The Hall–Kier alpha value is -4.06. The van der Waals surface area contributed by atoms with E-state index in [0.717, 1.165) is 11.3 Å². The number of fused-ring (bicyclic) bond motifs is 1. The van der Waals surface area contributed by atoms with Crippen molar-refractivity contribution in [1.82, 2.24) is 14.6 Å². The molecule has 0 spiro atoms. The number of nitrogens with zero attached hydrogens (tertiary/aromatic N) is 3. The second kappa shape index (κ2) is 9.53. The Kier molecular flexibility index (Phi) is 6.27. The minimum Gasteiger partial charge on any atom is -0.494 e. The molecule has 3 heterocycles.